The molecule has 180 valence electrons. The van der Waals surface area contributed by atoms with Crippen LogP contribution in [0, 0.1) is 25.6 Å². The highest BCUT2D eigenvalue weighted by Crippen LogP contribution is 2.31. The molecule has 0 N–H and O–H groups in total. The molecular weight excluding hydrogens is 435 g/mol. The predicted octanol–water partition coefficient (Wildman–Crippen LogP) is 8.28. The molecule has 0 aliphatic heterocycles. The molecule has 35 heavy (non-hydrogen) atoms. The van der Waals surface area contributed by atoms with E-state index in [0.29, 0.717) is 22.6 Å². The van der Waals surface area contributed by atoms with E-state index in [0.717, 1.165) is 44.9 Å². The highest BCUT2D eigenvalue weighted by Gasteiger charge is 2.14. The average Bonchev–Trinajstić information content (AvgIpc) is 2.80. The van der Waals surface area contributed by atoms with Crippen LogP contribution in [-0.4, -0.2) is 20.7 Å². The monoisotopic (exact) mass is 468 g/mol. The van der Waals surface area contributed by atoms with Gasteiger partial charge in [0.05, 0.1) is 5.52 Å². The lowest BCUT2D eigenvalue weighted by Crippen LogP contribution is -1.99. The minimum Gasteiger partial charge on any atom is -0.256 e. The zero-order valence-corrected chi connectivity index (χ0v) is 21.6. The third-order valence-corrected chi connectivity index (χ3v) is 5.10. The maximum Gasteiger partial charge on any atom is 0.159 e. The van der Waals surface area contributed by atoms with Crippen LogP contribution in [0.3, 0.4) is 0 Å². The first-order valence-electron chi connectivity index (χ1n) is 11.8. The van der Waals surface area contributed by atoms with Crippen molar-refractivity contribution in [2.45, 2.75) is 48.5 Å². The largest absolute Gasteiger partial charge is 0.256 e. The third-order valence-electron chi connectivity index (χ3n) is 5.10. The number of halogens is 1. The molecule has 0 aliphatic rings. The van der Waals surface area contributed by atoms with Gasteiger partial charge in [-0.05, 0) is 86.7 Å². The van der Waals surface area contributed by atoms with Gasteiger partial charge in [-0.1, -0.05) is 33.4 Å². The zero-order chi connectivity index (χ0) is 25.7. The molecule has 0 amide bonds. The molecule has 0 unspecified atom stereocenters. The molecule has 0 saturated heterocycles. The van der Waals surface area contributed by atoms with Crippen molar-refractivity contribution < 1.29 is 4.39 Å². The first-order valence-corrected chi connectivity index (χ1v) is 11.8. The van der Waals surface area contributed by atoms with E-state index in [-0.39, 0.29) is 5.82 Å². The number of nitrogens with zero attached hydrogens (tertiary/aromatic N) is 4. The van der Waals surface area contributed by atoms with Crippen molar-refractivity contribution in [3.05, 3.63) is 89.6 Å². The number of hydrogen-bond acceptors (Lipinski definition) is 4. The van der Waals surface area contributed by atoms with E-state index in [1.807, 2.05) is 64.1 Å². The van der Waals surface area contributed by atoms with Crippen molar-refractivity contribution in [1.29, 1.82) is 0 Å². The van der Waals surface area contributed by atoms with Crippen LogP contribution >= 0.6 is 0 Å². The summed E-state index contributed by atoms with van der Waals surface area (Å²) in [5.41, 5.74) is 6.72. The Balaban J connectivity index is 0.000000795. The smallest absolute Gasteiger partial charge is 0.159 e. The van der Waals surface area contributed by atoms with Crippen molar-refractivity contribution in [3.8, 4) is 11.4 Å². The van der Waals surface area contributed by atoms with Crippen LogP contribution in [0.1, 0.15) is 57.0 Å². The SMILES string of the molecule is C=C(c1cc(C)c(N=C(C)C)c(F)c1)c1cnc(-c2ccc3ncccc3c2)nc1C.CC(C)C. The third kappa shape index (κ3) is 6.44. The molecule has 2 aromatic carbocycles. The lowest BCUT2D eigenvalue weighted by molar-refractivity contribution is 0.628. The molecule has 0 spiro atoms. The van der Waals surface area contributed by atoms with Crippen LogP contribution in [0.15, 0.2) is 66.4 Å². The molecule has 2 heterocycles. The molecule has 0 atom stereocenters. The Morgan fingerprint density at radius 2 is 1.71 bits per heavy atom. The van der Waals surface area contributed by atoms with Crippen LogP contribution in [0.5, 0.6) is 0 Å². The number of aryl methyl sites for hydroxylation is 2. The molecule has 4 nitrogen and oxygen atoms in total. The average molecular weight is 469 g/mol. The molecule has 0 radical (unpaired) electrons. The molecule has 4 rings (SSSR count). The van der Waals surface area contributed by atoms with Gasteiger partial charge in [0, 0.05) is 40.3 Å². The van der Waals surface area contributed by atoms with Crippen molar-refractivity contribution in [2.24, 2.45) is 10.9 Å². The van der Waals surface area contributed by atoms with Crippen molar-refractivity contribution >= 4 is 27.9 Å². The normalized spacial score (nSPS) is 10.7. The van der Waals surface area contributed by atoms with Crippen LogP contribution < -0.4 is 0 Å². The first-order chi connectivity index (χ1) is 16.6. The molecule has 4 aromatic rings. The second-order valence-corrected chi connectivity index (χ2v) is 9.50. The second kappa shape index (κ2) is 11.1. The van der Waals surface area contributed by atoms with Gasteiger partial charge in [-0.3, -0.25) is 9.98 Å². The van der Waals surface area contributed by atoms with Crippen molar-refractivity contribution in [1.82, 2.24) is 15.0 Å². The van der Waals surface area contributed by atoms with Gasteiger partial charge < -0.3 is 0 Å². The minimum atomic E-state index is -0.364. The maximum absolute atomic E-state index is 14.7. The van der Waals surface area contributed by atoms with E-state index >= 15 is 0 Å². The van der Waals surface area contributed by atoms with E-state index in [9.17, 15) is 4.39 Å². The Bertz CT molecular complexity index is 1370. The van der Waals surface area contributed by atoms with E-state index in [1.165, 1.54) is 6.07 Å². The fourth-order valence-electron chi connectivity index (χ4n) is 3.55. The van der Waals surface area contributed by atoms with Crippen LogP contribution in [0.25, 0.3) is 27.9 Å². The molecule has 0 bridgehead atoms. The van der Waals surface area contributed by atoms with Crippen molar-refractivity contribution in [2.75, 3.05) is 0 Å². The summed E-state index contributed by atoms with van der Waals surface area (Å²) in [5.74, 6) is 1.10. The van der Waals surface area contributed by atoms with Gasteiger partial charge in [0.15, 0.2) is 5.82 Å². The number of aromatic nitrogens is 3. The van der Waals surface area contributed by atoms with Gasteiger partial charge in [-0.15, -0.1) is 0 Å². The number of benzene rings is 2. The van der Waals surface area contributed by atoms with E-state index in [4.69, 9.17) is 4.98 Å². The fraction of sp³-hybridized carbons (Fsp3) is 0.267. The maximum atomic E-state index is 14.7. The van der Waals surface area contributed by atoms with Crippen LogP contribution in [0.2, 0.25) is 0 Å². The van der Waals surface area contributed by atoms with E-state index in [2.05, 4.69) is 42.3 Å². The Morgan fingerprint density at radius 3 is 2.34 bits per heavy atom. The standard InChI is InChI=1S/C26H23FN4.C4H10/c1-15(2)30-25-16(3)11-21(13-23(25)27)17(4)22-14-29-26(31-18(22)5)20-8-9-24-19(12-20)7-6-10-28-24;1-4(2)3/h6-14H,4H2,1-3,5H3;4H,1-3H3. The summed E-state index contributed by atoms with van der Waals surface area (Å²) in [7, 11) is 0. The first kappa shape index (κ1) is 25.9. The Labute approximate surface area is 207 Å². The summed E-state index contributed by atoms with van der Waals surface area (Å²) >= 11 is 0. The Morgan fingerprint density at radius 1 is 1.00 bits per heavy atom. The van der Waals surface area contributed by atoms with Gasteiger partial charge in [0.1, 0.15) is 11.5 Å². The van der Waals surface area contributed by atoms with Gasteiger partial charge >= 0.3 is 0 Å². The number of rotatable bonds is 4. The highest BCUT2D eigenvalue weighted by molar-refractivity contribution is 5.85. The van der Waals surface area contributed by atoms with Crippen molar-refractivity contribution in [3.63, 3.8) is 0 Å². The quantitative estimate of drug-likeness (QED) is 0.283. The summed E-state index contributed by atoms with van der Waals surface area (Å²) in [5, 5.41) is 1.03. The summed E-state index contributed by atoms with van der Waals surface area (Å²) in [6.45, 7) is 18.1. The Kier molecular flexibility index (Phi) is 8.23. The van der Waals surface area contributed by atoms with E-state index < -0.39 is 0 Å². The van der Waals surface area contributed by atoms with Crippen LogP contribution in [-0.2, 0) is 0 Å². The van der Waals surface area contributed by atoms with E-state index in [1.54, 1.807) is 12.4 Å². The molecule has 0 saturated carbocycles. The number of aliphatic imine (C=N–C) groups is 1. The lowest BCUT2D eigenvalue weighted by atomic mass is 9.97. The van der Waals surface area contributed by atoms with Gasteiger partial charge in [0.25, 0.3) is 0 Å². The minimum absolute atomic E-state index is 0.364. The topological polar surface area (TPSA) is 51.0 Å². The zero-order valence-electron chi connectivity index (χ0n) is 21.6. The summed E-state index contributed by atoms with van der Waals surface area (Å²) < 4.78 is 14.7. The van der Waals surface area contributed by atoms with Crippen LogP contribution in [0.4, 0.5) is 10.1 Å². The van der Waals surface area contributed by atoms with Gasteiger partial charge in [-0.25, -0.2) is 14.4 Å². The van der Waals surface area contributed by atoms with Gasteiger partial charge in [-0.2, -0.15) is 0 Å². The Hall–Kier alpha value is -3.73. The summed E-state index contributed by atoms with van der Waals surface area (Å²) in [6.07, 6.45) is 3.53. The summed E-state index contributed by atoms with van der Waals surface area (Å²) in [4.78, 5) is 17.9. The molecule has 0 aliphatic carbocycles. The number of fused-ring (bicyclic) bond motifs is 1. The second-order valence-electron chi connectivity index (χ2n) is 9.50. The lowest BCUT2D eigenvalue weighted by Gasteiger charge is -2.13. The molecule has 5 heteroatoms. The highest BCUT2D eigenvalue weighted by atomic mass is 19.1. The number of hydrogen-bond donors (Lipinski definition) is 0. The predicted molar refractivity (Wildman–Crippen MR) is 146 cm³/mol. The fourth-order valence-corrected chi connectivity index (χ4v) is 3.55. The molecule has 0 fully saturated rings. The summed E-state index contributed by atoms with van der Waals surface area (Å²) in [6, 6.07) is 13.2. The number of pyridine rings is 1. The molecular formula is C30H33FN4. The molecule has 2 aromatic heterocycles. The van der Waals surface area contributed by atoms with Gasteiger partial charge in [0.2, 0.25) is 0 Å².